The summed E-state index contributed by atoms with van der Waals surface area (Å²) in [5, 5.41) is 8.96. The molecule has 0 aliphatic heterocycles. The summed E-state index contributed by atoms with van der Waals surface area (Å²) in [7, 11) is -3.74. The van der Waals surface area contributed by atoms with E-state index in [1.54, 1.807) is 12.1 Å². The lowest BCUT2D eigenvalue weighted by Gasteiger charge is -2.08. The van der Waals surface area contributed by atoms with E-state index >= 15 is 0 Å². The number of benzene rings is 2. The lowest BCUT2D eigenvalue weighted by atomic mass is 10.2. The van der Waals surface area contributed by atoms with Crippen molar-refractivity contribution < 1.29 is 17.9 Å². The zero-order chi connectivity index (χ0) is 14.6. The van der Waals surface area contributed by atoms with Crippen LogP contribution in [-0.4, -0.2) is 13.5 Å². The van der Waals surface area contributed by atoms with E-state index in [0.29, 0.717) is 0 Å². The molecule has 0 atom stereocenters. The van der Waals surface area contributed by atoms with Crippen molar-refractivity contribution in [2.24, 2.45) is 0 Å². The number of halogens is 1. The molecular formula is C14H14FNO3S. The molecule has 2 aromatic carbocycles. The second-order valence-electron chi connectivity index (χ2n) is 4.22. The summed E-state index contributed by atoms with van der Waals surface area (Å²) >= 11 is 0. The Kier molecular flexibility index (Phi) is 4.49. The monoisotopic (exact) mass is 295 g/mol. The third-order valence-corrected chi connectivity index (χ3v) is 4.21. The van der Waals surface area contributed by atoms with Crippen molar-refractivity contribution in [3.05, 3.63) is 65.5 Å². The number of hydrogen-bond acceptors (Lipinski definition) is 3. The Morgan fingerprint density at radius 1 is 1.10 bits per heavy atom. The molecule has 0 unspecified atom stereocenters. The first-order valence-corrected chi connectivity index (χ1v) is 7.44. The van der Waals surface area contributed by atoms with Gasteiger partial charge in [0.2, 0.25) is 10.0 Å². The molecule has 0 aromatic heterocycles. The van der Waals surface area contributed by atoms with Crippen LogP contribution < -0.4 is 4.72 Å². The van der Waals surface area contributed by atoms with Crippen LogP contribution >= 0.6 is 0 Å². The molecule has 2 rings (SSSR count). The summed E-state index contributed by atoms with van der Waals surface area (Å²) in [6.07, 6.45) is 0. The highest BCUT2D eigenvalue weighted by Gasteiger charge is 2.15. The smallest absolute Gasteiger partial charge is 0.240 e. The van der Waals surface area contributed by atoms with Crippen LogP contribution in [-0.2, 0) is 23.2 Å². The van der Waals surface area contributed by atoms with Crippen LogP contribution in [0, 0.1) is 5.82 Å². The Morgan fingerprint density at radius 2 is 1.80 bits per heavy atom. The topological polar surface area (TPSA) is 66.4 Å². The van der Waals surface area contributed by atoms with Crippen molar-refractivity contribution in [3.63, 3.8) is 0 Å². The minimum atomic E-state index is -3.74. The molecule has 0 heterocycles. The molecule has 0 fully saturated rings. The Hall–Kier alpha value is -1.76. The molecule has 20 heavy (non-hydrogen) atoms. The van der Waals surface area contributed by atoms with E-state index < -0.39 is 22.4 Å². The summed E-state index contributed by atoms with van der Waals surface area (Å²) in [4.78, 5) is -0.0705. The fraction of sp³-hybridized carbons (Fsp3) is 0.143. The molecule has 4 nitrogen and oxygen atoms in total. The number of hydrogen-bond donors (Lipinski definition) is 2. The van der Waals surface area contributed by atoms with Crippen molar-refractivity contribution in [1.82, 2.24) is 4.72 Å². The van der Waals surface area contributed by atoms with Gasteiger partial charge in [-0.25, -0.2) is 17.5 Å². The zero-order valence-electron chi connectivity index (χ0n) is 10.6. The van der Waals surface area contributed by atoms with Crippen molar-refractivity contribution >= 4 is 10.0 Å². The van der Waals surface area contributed by atoms with Crippen LogP contribution in [0.15, 0.2) is 53.4 Å². The molecule has 2 aromatic rings. The van der Waals surface area contributed by atoms with Gasteiger partial charge in [0.05, 0.1) is 11.5 Å². The van der Waals surface area contributed by atoms with Gasteiger partial charge >= 0.3 is 0 Å². The first kappa shape index (κ1) is 14.6. The zero-order valence-corrected chi connectivity index (χ0v) is 11.4. The molecule has 0 spiro atoms. The maximum atomic E-state index is 13.2. The van der Waals surface area contributed by atoms with Crippen molar-refractivity contribution in [1.29, 1.82) is 0 Å². The first-order chi connectivity index (χ1) is 9.53. The quantitative estimate of drug-likeness (QED) is 0.884. The van der Waals surface area contributed by atoms with E-state index in [-0.39, 0.29) is 17.0 Å². The van der Waals surface area contributed by atoms with Gasteiger partial charge in [-0.2, -0.15) is 0 Å². The maximum Gasteiger partial charge on any atom is 0.240 e. The van der Waals surface area contributed by atoms with E-state index in [1.807, 2.05) is 18.2 Å². The number of aliphatic hydroxyl groups is 1. The van der Waals surface area contributed by atoms with E-state index in [1.165, 1.54) is 6.07 Å². The third kappa shape index (κ3) is 3.41. The van der Waals surface area contributed by atoms with Gasteiger partial charge in [-0.1, -0.05) is 30.3 Å². The summed E-state index contributed by atoms with van der Waals surface area (Å²) in [5.74, 6) is -0.630. The minimum absolute atomic E-state index is 0.0485. The standard InChI is InChI=1S/C14H14FNO3S/c15-14-7-6-13(8-12(14)10-17)20(18,19)16-9-11-4-2-1-3-5-11/h1-8,16-17H,9-10H2. The van der Waals surface area contributed by atoms with Gasteiger partial charge in [0.1, 0.15) is 5.82 Å². The fourth-order valence-corrected chi connectivity index (χ4v) is 2.76. The predicted octanol–water partition coefficient (Wildman–Crippen LogP) is 1.80. The van der Waals surface area contributed by atoms with Crippen LogP contribution in [0.2, 0.25) is 0 Å². The first-order valence-electron chi connectivity index (χ1n) is 5.96. The predicted molar refractivity (Wildman–Crippen MR) is 72.8 cm³/mol. The molecule has 0 aliphatic carbocycles. The van der Waals surface area contributed by atoms with E-state index in [9.17, 15) is 12.8 Å². The minimum Gasteiger partial charge on any atom is -0.392 e. The number of sulfonamides is 1. The normalized spacial score (nSPS) is 11.5. The summed E-state index contributed by atoms with van der Waals surface area (Å²) in [6, 6.07) is 12.4. The van der Waals surface area contributed by atoms with E-state index in [4.69, 9.17) is 5.11 Å². The van der Waals surface area contributed by atoms with Gasteiger partial charge in [-0.05, 0) is 23.8 Å². The second-order valence-corrected chi connectivity index (χ2v) is 5.99. The van der Waals surface area contributed by atoms with E-state index in [2.05, 4.69) is 4.72 Å². The third-order valence-electron chi connectivity index (χ3n) is 2.81. The summed E-state index contributed by atoms with van der Waals surface area (Å²) in [6.45, 7) is -0.400. The highest BCUT2D eigenvalue weighted by atomic mass is 32.2. The molecule has 0 saturated carbocycles. The van der Waals surface area contributed by atoms with Gasteiger partial charge in [0, 0.05) is 12.1 Å². The average Bonchev–Trinajstić information content (AvgIpc) is 2.46. The largest absolute Gasteiger partial charge is 0.392 e. The van der Waals surface area contributed by atoms with E-state index in [0.717, 1.165) is 17.7 Å². The molecule has 0 radical (unpaired) electrons. The highest BCUT2D eigenvalue weighted by Crippen LogP contribution is 2.15. The molecular weight excluding hydrogens is 281 g/mol. The van der Waals surface area contributed by atoms with Gasteiger partial charge < -0.3 is 5.11 Å². The van der Waals surface area contributed by atoms with Crippen molar-refractivity contribution in [3.8, 4) is 0 Å². The highest BCUT2D eigenvalue weighted by molar-refractivity contribution is 7.89. The Bertz CT molecular complexity index is 687. The molecule has 6 heteroatoms. The van der Waals surface area contributed by atoms with Crippen LogP contribution in [0.3, 0.4) is 0 Å². The molecule has 106 valence electrons. The lowest BCUT2D eigenvalue weighted by Crippen LogP contribution is -2.23. The van der Waals surface area contributed by atoms with Gasteiger partial charge in [-0.3, -0.25) is 0 Å². The van der Waals surface area contributed by atoms with Gasteiger partial charge in [0.15, 0.2) is 0 Å². The Balaban J connectivity index is 2.18. The van der Waals surface area contributed by atoms with Crippen LogP contribution in [0.1, 0.15) is 11.1 Å². The Morgan fingerprint density at radius 3 is 2.45 bits per heavy atom. The van der Waals surface area contributed by atoms with Crippen LogP contribution in [0.25, 0.3) is 0 Å². The molecule has 0 aliphatic rings. The van der Waals surface area contributed by atoms with Crippen molar-refractivity contribution in [2.75, 3.05) is 0 Å². The second kappa shape index (κ2) is 6.13. The summed E-state index contributed by atoms with van der Waals surface area (Å²) < 4.78 is 39.8. The maximum absolute atomic E-state index is 13.2. The van der Waals surface area contributed by atoms with Crippen LogP contribution in [0.4, 0.5) is 4.39 Å². The van der Waals surface area contributed by atoms with Crippen LogP contribution in [0.5, 0.6) is 0 Å². The SMILES string of the molecule is O=S(=O)(NCc1ccccc1)c1ccc(F)c(CO)c1. The Labute approximate surface area is 116 Å². The van der Waals surface area contributed by atoms with Gasteiger partial charge in [-0.15, -0.1) is 0 Å². The average molecular weight is 295 g/mol. The molecule has 0 bridgehead atoms. The molecule has 0 saturated heterocycles. The summed E-state index contributed by atoms with van der Waals surface area (Å²) in [5.41, 5.74) is 0.771. The van der Waals surface area contributed by atoms with Crippen molar-refractivity contribution in [2.45, 2.75) is 18.0 Å². The number of rotatable bonds is 5. The molecule has 2 N–H and O–H groups in total. The number of aliphatic hydroxyl groups excluding tert-OH is 1. The molecule has 0 amide bonds. The number of nitrogens with one attached hydrogen (secondary N) is 1. The van der Waals surface area contributed by atoms with Gasteiger partial charge in [0.25, 0.3) is 0 Å². The fourth-order valence-electron chi connectivity index (χ4n) is 1.70. The lowest BCUT2D eigenvalue weighted by molar-refractivity contribution is 0.275.